The first-order valence-corrected chi connectivity index (χ1v) is 4.91. The van der Waals surface area contributed by atoms with E-state index in [1.165, 1.54) is 18.4 Å². The van der Waals surface area contributed by atoms with E-state index < -0.39 is 4.92 Å². The van der Waals surface area contributed by atoms with Gasteiger partial charge >= 0.3 is 0 Å². The quantitative estimate of drug-likeness (QED) is 0.540. The Kier molecular flexibility index (Phi) is 1.94. The molecule has 0 unspecified atom stereocenters. The Balaban J connectivity index is 2.16. The number of H-pyrrole nitrogens is 1. The number of aromatic amines is 1. The third-order valence-electron chi connectivity index (χ3n) is 2.48. The molecule has 3 rings (SSSR count). The minimum atomic E-state index is -0.419. The summed E-state index contributed by atoms with van der Waals surface area (Å²) in [5, 5.41) is 11.4. The van der Waals surface area contributed by atoms with E-state index in [0.717, 1.165) is 10.9 Å². The van der Waals surface area contributed by atoms with Crippen LogP contribution in [0.3, 0.4) is 0 Å². The molecule has 0 atom stereocenters. The normalized spacial score (nSPS) is 10.8. The Labute approximate surface area is 95.0 Å². The third kappa shape index (κ3) is 1.55. The number of nitro benzene ring substituents is 1. The van der Waals surface area contributed by atoms with Gasteiger partial charge < -0.3 is 9.40 Å². The Morgan fingerprint density at radius 3 is 2.94 bits per heavy atom. The minimum absolute atomic E-state index is 0.0652. The highest BCUT2D eigenvalue weighted by Gasteiger charge is 2.10. The summed E-state index contributed by atoms with van der Waals surface area (Å²) in [5.74, 6) is 0.462. The standard InChI is InChI=1S/C11H7N3O3/c15-14(16)8-1-2-9-7(5-8)6-10(13-9)11-12-3-4-17-11/h1-6,13H. The molecular formula is C11H7N3O3. The summed E-state index contributed by atoms with van der Waals surface area (Å²) in [4.78, 5) is 17.3. The highest BCUT2D eigenvalue weighted by Crippen LogP contribution is 2.25. The summed E-state index contributed by atoms with van der Waals surface area (Å²) >= 11 is 0. The first-order valence-electron chi connectivity index (χ1n) is 4.91. The number of fused-ring (bicyclic) bond motifs is 1. The molecule has 0 bridgehead atoms. The molecule has 0 saturated heterocycles. The second-order valence-electron chi connectivity index (χ2n) is 3.55. The molecule has 3 aromatic rings. The monoisotopic (exact) mass is 229 g/mol. The van der Waals surface area contributed by atoms with Gasteiger partial charge in [0.15, 0.2) is 0 Å². The Morgan fingerprint density at radius 2 is 2.24 bits per heavy atom. The summed E-state index contributed by atoms with van der Waals surface area (Å²) < 4.78 is 5.15. The molecule has 6 heteroatoms. The topological polar surface area (TPSA) is 85.0 Å². The van der Waals surface area contributed by atoms with E-state index in [4.69, 9.17) is 4.42 Å². The molecule has 0 saturated carbocycles. The zero-order chi connectivity index (χ0) is 11.8. The van der Waals surface area contributed by atoms with Gasteiger partial charge in [0.05, 0.1) is 11.1 Å². The zero-order valence-corrected chi connectivity index (χ0v) is 8.58. The molecule has 17 heavy (non-hydrogen) atoms. The fraction of sp³-hybridized carbons (Fsp3) is 0. The van der Waals surface area contributed by atoms with Gasteiger partial charge in [-0.25, -0.2) is 4.98 Å². The molecule has 0 aliphatic heterocycles. The molecule has 84 valence electrons. The molecule has 2 heterocycles. The van der Waals surface area contributed by atoms with E-state index in [1.807, 2.05) is 0 Å². The maximum Gasteiger partial charge on any atom is 0.270 e. The number of aromatic nitrogens is 2. The number of non-ortho nitro benzene ring substituents is 1. The van der Waals surface area contributed by atoms with Crippen LogP contribution in [0.15, 0.2) is 41.1 Å². The minimum Gasteiger partial charge on any atom is -0.443 e. The van der Waals surface area contributed by atoms with Gasteiger partial charge in [0.25, 0.3) is 5.69 Å². The van der Waals surface area contributed by atoms with Crippen molar-refractivity contribution in [3.05, 3.63) is 46.8 Å². The average Bonchev–Trinajstić information content (AvgIpc) is 2.96. The van der Waals surface area contributed by atoms with Crippen molar-refractivity contribution < 1.29 is 9.34 Å². The second-order valence-corrected chi connectivity index (χ2v) is 3.55. The van der Waals surface area contributed by atoms with Crippen LogP contribution < -0.4 is 0 Å². The average molecular weight is 229 g/mol. The van der Waals surface area contributed by atoms with Gasteiger partial charge in [0.2, 0.25) is 5.89 Å². The van der Waals surface area contributed by atoms with Crippen molar-refractivity contribution >= 4 is 16.6 Å². The molecule has 0 radical (unpaired) electrons. The van der Waals surface area contributed by atoms with Crippen LogP contribution in [0.2, 0.25) is 0 Å². The summed E-state index contributed by atoms with van der Waals surface area (Å²) in [6, 6.07) is 6.41. The van der Waals surface area contributed by atoms with E-state index in [-0.39, 0.29) is 5.69 Å². The molecule has 0 spiro atoms. The number of benzene rings is 1. The Hall–Kier alpha value is -2.63. The van der Waals surface area contributed by atoms with E-state index in [2.05, 4.69) is 9.97 Å². The number of nitrogens with one attached hydrogen (secondary N) is 1. The molecule has 6 nitrogen and oxygen atoms in total. The van der Waals surface area contributed by atoms with Crippen molar-refractivity contribution in [1.29, 1.82) is 0 Å². The van der Waals surface area contributed by atoms with Crippen molar-refractivity contribution in [2.45, 2.75) is 0 Å². The SMILES string of the molecule is O=[N+]([O-])c1ccc2[nH]c(-c3ncco3)cc2c1. The van der Waals surface area contributed by atoms with Crippen LogP contribution in [-0.2, 0) is 0 Å². The molecule has 1 aromatic carbocycles. The lowest BCUT2D eigenvalue weighted by Gasteiger charge is -1.90. The smallest absolute Gasteiger partial charge is 0.270 e. The first-order chi connectivity index (χ1) is 8.24. The van der Waals surface area contributed by atoms with Gasteiger partial charge in [-0.1, -0.05) is 0 Å². The Morgan fingerprint density at radius 1 is 1.35 bits per heavy atom. The molecule has 0 amide bonds. The van der Waals surface area contributed by atoms with Crippen molar-refractivity contribution in [3.8, 4) is 11.6 Å². The first kappa shape index (κ1) is 9.59. The van der Waals surface area contributed by atoms with E-state index >= 15 is 0 Å². The Bertz CT molecular complexity index is 685. The van der Waals surface area contributed by atoms with Gasteiger partial charge in [0, 0.05) is 23.0 Å². The van der Waals surface area contributed by atoms with Crippen LogP contribution in [0.1, 0.15) is 0 Å². The fourth-order valence-electron chi connectivity index (χ4n) is 1.71. The van der Waals surface area contributed by atoms with Crippen molar-refractivity contribution in [1.82, 2.24) is 9.97 Å². The summed E-state index contributed by atoms with van der Waals surface area (Å²) in [5.41, 5.74) is 1.57. The lowest BCUT2D eigenvalue weighted by atomic mass is 10.2. The van der Waals surface area contributed by atoms with Gasteiger partial charge in [-0.15, -0.1) is 0 Å². The number of hydrogen-bond donors (Lipinski definition) is 1. The molecule has 0 aliphatic carbocycles. The maximum absolute atomic E-state index is 10.6. The molecule has 1 N–H and O–H groups in total. The lowest BCUT2D eigenvalue weighted by molar-refractivity contribution is -0.384. The number of oxazole rings is 1. The van der Waals surface area contributed by atoms with Crippen LogP contribution in [-0.4, -0.2) is 14.9 Å². The van der Waals surface area contributed by atoms with Crippen LogP contribution >= 0.6 is 0 Å². The number of nitro groups is 1. The summed E-state index contributed by atoms with van der Waals surface area (Å²) in [7, 11) is 0. The second kappa shape index (κ2) is 3.44. The molecule has 2 aromatic heterocycles. The van der Waals surface area contributed by atoms with Gasteiger partial charge in [-0.2, -0.15) is 0 Å². The van der Waals surface area contributed by atoms with Crippen LogP contribution in [0.5, 0.6) is 0 Å². The van der Waals surface area contributed by atoms with Gasteiger partial charge in [-0.3, -0.25) is 10.1 Å². The number of nitrogens with zero attached hydrogens (tertiary/aromatic N) is 2. The fourth-order valence-corrected chi connectivity index (χ4v) is 1.71. The molecule has 0 fully saturated rings. The van der Waals surface area contributed by atoms with Crippen molar-refractivity contribution in [3.63, 3.8) is 0 Å². The van der Waals surface area contributed by atoms with E-state index in [9.17, 15) is 10.1 Å². The molecular weight excluding hydrogens is 222 g/mol. The number of rotatable bonds is 2. The van der Waals surface area contributed by atoms with Crippen LogP contribution in [0.25, 0.3) is 22.5 Å². The van der Waals surface area contributed by atoms with Crippen molar-refractivity contribution in [2.24, 2.45) is 0 Å². The zero-order valence-electron chi connectivity index (χ0n) is 8.58. The maximum atomic E-state index is 10.6. The predicted octanol–water partition coefficient (Wildman–Crippen LogP) is 2.73. The summed E-state index contributed by atoms with van der Waals surface area (Å²) in [6.07, 6.45) is 3.02. The third-order valence-corrected chi connectivity index (χ3v) is 2.48. The molecule has 0 aliphatic rings. The largest absolute Gasteiger partial charge is 0.443 e. The number of hydrogen-bond acceptors (Lipinski definition) is 4. The predicted molar refractivity (Wildman–Crippen MR) is 60.5 cm³/mol. The van der Waals surface area contributed by atoms with Gasteiger partial charge in [0.1, 0.15) is 12.0 Å². The van der Waals surface area contributed by atoms with Crippen LogP contribution in [0.4, 0.5) is 5.69 Å². The highest BCUT2D eigenvalue weighted by molar-refractivity contribution is 5.86. The summed E-state index contributed by atoms with van der Waals surface area (Å²) in [6.45, 7) is 0. The van der Waals surface area contributed by atoms with Gasteiger partial charge in [-0.05, 0) is 12.1 Å². The van der Waals surface area contributed by atoms with E-state index in [0.29, 0.717) is 11.6 Å². The van der Waals surface area contributed by atoms with Crippen molar-refractivity contribution in [2.75, 3.05) is 0 Å². The van der Waals surface area contributed by atoms with E-state index in [1.54, 1.807) is 18.3 Å². The van der Waals surface area contributed by atoms with Crippen LogP contribution in [0, 0.1) is 10.1 Å². The lowest BCUT2D eigenvalue weighted by Crippen LogP contribution is -1.86. The highest BCUT2D eigenvalue weighted by atomic mass is 16.6.